The van der Waals surface area contributed by atoms with Crippen LogP contribution in [0, 0.1) is 17.6 Å². The third-order valence-corrected chi connectivity index (χ3v) is 7.43. The quantitative estimate of drug-likeness (QED) is 0.472. The van der Waals surface area contributed by atoms with E-state index in [0.29, 0.717) is 11.7 Å². The molecule has 0 aromatic heterocycles. The van der Waals surface area contributed by atoms with Gasteiger partial charge in [0, 0.05) is 25.7 Å². The molecule has 1 aliphatic carbocycles. The van der Waals surface area contributed by atoms with Gasteiger partial charge in [-0.05, 0) is 79.0 Å². The zero-order valence-electron chi connectivity index (χ0n) is 20.2. The molecule has 1 amide bonds. The van der Waals surface area contributed by atoms with Crippen LogP contribution in [0.1, 0.15) is 50.2 Å². The number of hydrogen-bond acceptors (Lipinski definition) is 3. The minimum atomic E-state index is -0.288. The van der Waals surface area contributed by atoms with E-state index in [0.717, 1.165) is 68.4 Å². The van der Waals surface area contributed by atoms with Gasteiger partial charge >= 0.3 is 0 Å². The van der Waals surface area contributed by atoms with Gasteiger partial charge in [-0.1, -0.05) is 50.1 Å². The summed E-state index contributed by atoms with van der Waals surface area (Å²) in [6, 6.07) is 12.9. The molecule has 1 saturated carbocycles. The molecule has 1 aliphatic heterocycles. The van der Waals surface area contributed by atoms with E-state index in [9.17, 15) is 13.6 Å². The summed E-state index contributed by atoms with van der Waals surface area (Å²) in [7, 11) is 0. The summed E-state index contributed by atoms with van der Waals surface area (Å²) < 4.78 is 27.0. The maximum Gasteiger partial charge on any atom is 0.233 e. The molecule has 2 aromatic carbocycles. The van der Waals surface area contributed by atoms with Crippen molar-refractivity contribution in [2.75, 3.05) is 26.2 Å². The number of thiocarbonyl (C=S) groups is 1. The van der Waals surface area contributed by atoms with E-state index in [1.54, 1.807) is 29.2 Å². The summed E-state index contributed by atoms with van der Waals surface area (Å²) in [4.78, 5) is 17.1. The number of rotatable bonds is 9. The van der Waals surface area contributed by atoms with Gasteiger partial charge in [-0.3, -0.25) is 9.69 Å². The molecule has 0 spiro atoms. The number of hydrogen-bond donors (Lipinski definition) is 1. The third kappa shape index (κ3) is 6.33. The van der Waals surface area contributed by atoms with Crippen molar-refractivity contribution < 1.29 is 13.6 Å². The number of carbonyl (C=O) groups excluding carboxylic acids is 1. The zero-order chi connectivity index (χ0) is 24.8. The fraction of sp³-hybridized carbons (Fsp3) is 0.429. The van der Waals surface area contributed by atoms with E-state index in [2.05, 4.69) is 23.2 Å². The number of carbonyl (C=O) groups is 1. The number of amides is 1. The molecule has 0 radical (unpaired) electrons. The molecule has 35 heavy (non-hydrogen) atoms. The molecule has 2 aliphatic rings. The highest BCUT2D eigenvalue weighted by Gasteiger charge is 2.40. The molecule has 4 nitrogen and oxygen atoms in total. The van der Waals surface area contributed by atoms with Gasteiger partial charge in [0.1, 0.15) is 11.6 Å². The Morgan fingerprint density at radius 2 is 1.63 bits per heavy atom. The van der Waals surface area contributed by atoms with Crippen LogP contribution < -0.4 is 5.32 Å². The second-order valence-corrected chi connectivity index (χ2v) is 9.68. The van der Waals surface area contributed by atoms with E-state index in [1.165, 1.54) is 24.3 Å². The molecule has 4 rings (SSSR count). The predicted octanol–water partition coefficient (Wildman–Crippen LogP) is 5.38. The number of nitrogens with zero attached hydrogens (tertiary/aromatic N) is 2. The van der Waals surface area contributed by atoms with Crippen molar-refractivity contribution in [1.82, 2.24) is 15.1 Å². The summed E-state index contributed by atoms with van der Waals surface area (Å²) >= 11 is 5.52. The lowest BCUT2D eigenvalue weighted by molar-refractivity contribution is -0.135. The minimum Gasteiger partial charge on any atom is -0.359 e. The Hall–Kier alpha value is -2.64. The van der Waals surface area contributed by atoms with Crippen molar-refractivity contribution in [2.45, 2.75) is 45.1 Å². The monoisotopic (exact) mass is 497 g/mol. The molecule has 1 saturated heterocycles. The van der Waals surface area contributed by atoms with Gasteiger partial charge in [0.15, 0.2) is 5.11 Å². The fourth-order valence-electron chi connectivity index (χ4n) is 5.07. The summed E-state index contributed by atoms with van der Waals surface area (Å²) in [6.45, 7) is 5.07. The molecule has 1 N–H and O–H groups in total. The molecule has 1 heterocycles. The maximum absolute atomic E-state index is 13.5. The zero-order valence-corrected chi connectivity index (χ0v) is 21.0. The topological polar surface area (TPSA) is 35.6 Å². The van der Waals surface area contributed by atoms with Gasteiger partial charge in [0.25, 0.3) is 0 Å². The van der Waals surface area contributed by atoms with Crippen molar-refractivity contribution in [3.8, 4) is 0 Å². The van der Waals surface area contributed by atoms with E-state index in [4.69, 9.17) is 12.2 Å². The van der Waals surface area contributed by atoms with Crippen LogP contribution in [-0.2, 0) is 4.79 Å². The number of nitrogens with one attached hydrogen (secondary N) is 1. The summed E-state index contributed by atoms with van der Waals surface area (Å²) in [5.41, 5.74) is 2.72. The lowest BCUT2D eigenvalue weighted by atomic mass is 9.82. The van der Waals surface area contributed by atoms with Crippen molar-refractivity contribution in [1.29, 1.82) is 0 Å². The molecule has 2 aromatic rings. The van der Waals surface area contributed by atoms with Crippen molar-refractivity contribution in [3.63, 3.8) is 0 Å². The first-order chi connectivity index (χ1) is 17.0. The van der Waals surface area contributed by atoms with Crippen molar-refractivity contribution >= 4 is 28.8 Å². The van der Waals surface area contributed by atoms with Gasteiger partial charge in [-0.15, -0.1) is 0 Å². The predicted molar refractivity (Wildman–Crippen MR) is 140 cm³/mol. The van der Waals surface area contributed by atoms with Gasteiger partial charge in [0.05, 0.1) is 5.92 Å². The van der Waals surface area contributed by atoms with Crippen LogP contribution in [0.3, 0.4) is 0 Å². The molecular formula is C28H33F2N3OS. The van der Waals surface area contributed by atoms with Crippen LogP contribution in [-0.4, -0.2) is 53.0 Å². The van der Waals surface area contributed by atoms with Gasteiger partial charge in [-0.2, -0.15) is 0 Å². The smallest absolute Gasteiger partial charge is 0.233 e. The average Bonchev–Trinajstić information content (AvgIpc) is 2.86. The van der Waals surface area contributed by atoms with Gasteiger partial charge in [-0.25, -0.2) is 8.78 Å². The second-order valence-electron chi connectivity index (χ2n) is 9.29. The van der Waals surface area contributed by atoms with E-state index in [-0.39, 0.29) is 29.5 Å². The molecular weight excluding hydrogens is 464 g/mol. The maximum atomic E-state index is 13.5. The summed E-state index contributed by atoms with van der Waals surface area (Å²) in [6.07, 6.45) is 7.09. The Balaban J connectivity index is 1.39. The van der Waals surface area contributed by atoms with Gasteiger partial charge in [0.2, 0.25) is 5.91 Å². The SMILES string of the molecule is CCN(CCC=C(c1ccc(F)cc1)c1ccc(F)cc1)CCN1C(=O)C2CCCCC2NC1=S. The highest BCUT2D eigenvalue weighted by molar-refractivity contribution is 7.80. The van der Waals surface area contributed by atoms with Crippen LogP contribution in [0.15, 0.2) is 54.6 Å². The van der Waals surface area contributed by atoms with E-state index >= 15 is 0 Å². The van der Waals surface area contributed by atoms with Crippen LogP contribution >= 0.6 is 12.2 Å². The number of halogens is 2. The molecule has 186 valence electrons. The number of fused-ring (bicyclic) bond motifs is 1. The number of benzene rings is 2. The average molecular weight is 498 g/mol. The van der Waals surface area contributed by atoms with Gasteiger partial charge < -0.3 is 10.2 Å². The second kappa shape index (κ2) is 11.9. The largest absolute Gasteiger partial charge is 0.359 e. The third-order valence-electron chi connectivity index (χ3n) is 7.09. The fourth-order valence-corrected chi connectivity index (χ4v) is 5.40. The first-order valence-electron chi connectivity index (χ1n) is 12.5. The van der Waals surface area contributed by atoms with Crippen LogP contribution in [0.2, 0.25) is 0 Å². The van der Waals surface area contributed by atoms with Crippen LogP contribution in [0.5, 0.6) is 0 Å². The standard InChI is InChI=1S/C28H33F2N3OS/c1-2-32(18-19-33-27(34)25-6-3-4-8-26(25)31-28(33)35)17-5-7-24(20-9-13-22(29)14-10-20)21-11-15-23(30)16-12-21/h7,9-16,25-26H,2-6,8,17-19H2,1H3,(H,31,35). The first-order valence-corrected chi connectivity index (χ1v) is 12.9. The molecule has 2 atom stereocenters. The molecule has 7 heteroatoms. The van der Waals surface area contributed by atoms with E-state index in [1.807, 2.05) is 0 Å². The summed E-state index contributed by atoms with van der Waals surface area (Å²) in [5, 5.41) is 3.96. The molecule has 2 fully saturated rings. The Morgan fingerprint density at radius 1 is 1.03 bits per heavy atom. The lowest BCUT2D eigenvalue weighted by Crippen LogP contribution is -2.61. The van der Waals surface area contributed by atoms with Crippen molar-refractivity contribution in [2.24, 2.45) is 5.92 Å². The summed E-state index contributed by atoms with van der Waals surface area (Å²) in [5.74, 6) is -0.362. The highest BCUT2D eigenvalue weighted by atomic mass is 32.1. The minimum absolute atomic E-state index is 0.0439. The molecule has 0 bridgehead atoms. The Morgan fingerprint density at radius 3 is 2.23 bits per heavy atom. The van der Waals surface area contributed by atoms with E-state index < -0.39 is 0 Å². The number of likely N-dealkylation sites (N-methyl/N-ethyl adjacent to an activating group) is 1. The Labute approximate surface area is 212 Å². The Kier molecular flexibility index (Phi) is 8.63. The lowest BCUT2D eigenvalue weighted by Gasteiger charge is -2.42. The first kappa shape index (κ1) is 25.5. The normalized spacial score (nSPS) is 19.9. The van der Waals surface area contributed by atoms with Crippen molar-refractivity contribution in [3.05, 3.63) is 77.4 Å². The molecule has 2 unspecified atom stereocenters. The van der Waals surface area contributed by atoms with Crippen LogP contribution in [0.4, 0.5) is 8.78 Å². The Bertz CT molecular complexity index is 1010. The highest BCUT2D eigenvalue weighted by Crippen LogP contribution is 2.29. The van der Waals surface area contributed by atoms with Crippen LogP contribution in [0.25, 0.3) is 5.57 Å².